The second-order valence-electron chi connectivity index (χ2n) is 13.9. The first kappa shape index (κ1) is 29.0. The van der Waals surface area contributed by atoms with Gasteiger partial charge in [-0.05, 0) is 122 Å². The molecule has 0 fully saturated rings. The molecule has 52 heavy (non-hydrogen) atoms. The monoisotopic (exact) mass is 656 g/mol. The van der Waals surface area contributed by atoms with Crippen LogP contribution in [0.5, 0.6) is 0 Å². The maximum absolute atomic E-state index is 2.51. The molecule has 1 aliphatic rings. The number of rotatable bonds is 4. The standard InChI is InChI=1S/C52H32/c1-4-17-33(18-5-1)36-23-10-11-24-37(36)44-31-46-42-29-16-30-43-50(42)47(32-45(46)39-26-13-12-25-38(39)44)52-49(35-21-8-3-9-22-35)41-28-15-14-27-40(41)48(51(43)52)34-19-6-2-7-20-34/h1-32H. The van der Waals surface area contributed by atoms with E-state index in [1.165, 1.54) is 110 Å². The summed E-state index contributed by atoms with van der Waals surface area (Å²) in [5.41, 5.74) is 15.4. The van der Waals surface area contributed by atoms with E-state index in [1.54, 1.807) is 0 Å². The highest BCUT2D eigenvalue weighted by atomic mass is 14.3. The van der Waals surface area contributed by atoms with Gasteiger partial charge in [-0.2, -0.15) is 0 Å². The zero-order chi connectivity index (χ0) is 34.2. The molecule has 0 heterocycles. The Labute approximate surface area is 302 Å². The number of benzene rings is 10. The third kappa shape index (κ3) is 4.16. The summed E-state index contributed by atoms with van der Waals surface area (Å²) < 4.78 is 0. The van der Waals surface area contributed by atoms with Gasteiger partial charge < -0.3 is 0 Å². The summed E-state index contributed by atoms with van der Waals surface area (Å²) in [6.45, 7) is 0. The van der Waals surface area contributed by atoms with E-state index in [4.69, 9.17) is 0 Å². The highest BCUT2D eigenvalue weighted by Crippen LogP contribution is 2.59. The Morgan fingerprint density at radius 3 is 1.25 bits per heavy atom. The number of hydrogen-bond acceptors (Lipinski definition) is 0. The lowest BCUT2D eigenvalue weighted by Crippen LogP contribution is -1.93. The molecule has 0 aromatic heterocycles. The lowest BCUT2D eigenvalue weighted by molar-refractivity contribution is 1.60. The van der Waals surface area contributed by atoms with Crippen molar-refractivity contribution in [1.82, 2.24) is 0 Å². The Kier molecular flexibility index (Phi) is 6.35. The number of hydrogen-bond donors (Lipinski definition) is 0. The van der Waals surface area contributed by atoms with Crippen LogP contribution in [0.3, 0.4) is 0 Å². The zero-order valence-corrected chi connectivity index (χ0v) is 28.5. The van der Waals surface area contributed by atoms with Crippen molar-refractivity contribution < 1.29 is 0 Å². The number of fused-ring (bicyclic) bond motifs is 8. The van der Waals surface area contributed by atoms with Crippen molar-refractivity contribution in [3.05, 3.63) is 194 Å². The van der Waals surface area contributed by atoms with Gasteiger partial charge >= 0.3 is 0 Å². The van der Waals surface area contributed by atoms with Crippen LogP contribution in [0.1, 0.15) is 0 Å². The molecule has 0 aliphatic heterocycles. The first-order chi connectivity index (χ1) is 25.8. The largest absolute Gasteiger partial charge is 0.0622 e. The molecule has 10 aromatic carbocycles. The van der Waals surface area contributed by atoms with Crippen molar-refractivity contribution in [3.8, 4) is 66.8 Å². The Hall–Kier alpha value is -6.76. The van der Waals surface area contributed by atoms with Crippen molar-refractivity contribution >= 4 is 43.1 Å². The van der Waals surface area contributed by atoms with Crippen LogP contribution in [0.2, 0.25) is 0 Å². The second kappa shape index (κ2) is 11.4. The first-order valence-electron chi connectivity index (χ1n) is 18.1. The van der Waals surface area contributed by atoms with Crippen molar-refractivity contribution in [2.45, 2.75) is 0 Å². The summed E-state index contributed by atoms with van der Waals surface area (Å²) in [5.74, 6) is 0. The average molecular weight is 657 g/mol. The van der Waals surface area contributed by atoms with Crippen LogP contribution in [-0.4, -0.2) is 0 Å². The van der Waals surface area contributed by atoms with Crippen molar-refractivity contribution in [3.63, 3.8) is 0 Å². The second-order valence-corrected chi connectivity index (χ2v) is 13.9. The molecule has 11 rings (SSSR count). The van der Waals surface area contributed by atoms with E-state index in [-0.39, 0.29) is 0 Å². The first-order valence-corrected chi connectivity index (χ1v) is 18.1. The smallest absolute Gasteiger partial charge is 0.000719 e. The lowest BCUT2D eigenvalue weighted by atomic mass is 9.82. The van der Waals surface area contributed by atoms with Crippen LogP contribution >= 0.6 is 0 Å². The Morgan fingerprint density at radius 2 is 0.615 bits per heavy atom. The van der Waals surface area contributed by atoms with E-state index in [0.29, 0.717) is 0 Å². The summed E-state index contributed by atoms with van der Waals surface area (Å²) in [5, 5.41) is 10.3. The van der Waals surface area contributed by atoms with Gasteiger partial charge in [0.2, 0.25) is 0 Å². The molecular weight excluding hydrogens is 625 g/mol. The van der Waals surface area contributed by atoms with Gasteiger partial charge in [0.25, 0.3) is 0 Å². The molecule has 0 heteroatoms. The molecule has 0 bridgehead atoms. The minimum Gasteiger partial charge on any atom is -0.0622 e. The summed E-state index contributed by atoms with van der Waals surface area (Å²) in [6, 6.07) is 71.6. The molecule has 0 atom stereocenters. The van der Waals surface area contributed by atoms with E-state index in [0.717, 1.165) is 0 Å². The van der Waals surface area contributed by atoms with E-state index in [2.05, 4.69) is 194 Å². The van der Waals surface area contributed by atoms with Crippen LogP contribution in [0.4, 0.5) is 0 Å². The molecule has 1 aliphatic carbocycles. The summed E-state index contributed by atoms with van der Waals surface area (Å²) >= 11 is 0. The van der Waals surface area contributed by atoms with E-state index in [1.807, 2.05) is 0 Å². The SMILES string of the molecule is c1ccc(-c2ccccc2-c2cc3c4cccc5c4c(cc3c3ccccc23)-c2c-5c(-c3ccccc3)c3ccccc3c2-c2ccccc2)cc1. The average Bonchev–Trinajstić information content (AvgIpc) is 3.55. The normalized spacial score (nSPS) is 11.8. The summed E-state index contributed by atoms with van der Waals surface area (Å²) in [4.78, 5) is 0. The Bertz CT molecular complexity index is 3030. The highest BCUT2D eigenvalue weighted by Gasteiger charge is 2.31. The van der Waals surface area contributed by atoms with Crippen LogP contribution in [0.15, 0.2) is 194 Å². The van der Waals surface area contributed by atoms with Crippen molar-refractivity contribution in [2.75, 3.05) is 0 Å². The third-order valence-electron chi connectivity index (χ3n) is 11.2. The predicted octanol–water partition coefficient (Wildman–Crippen LogP) is 14.6. The Morgan fingerprint density at radius 1 is 0.192 bits per heavy atom. The van der Waals surface area contributed by atoms with Gasteiger partial charge in [0.15, 0.2) is 0 Å². The molecule has 0 unspecified atom stereocenters. The van der Waals surface area contributed by atoms with Gasteiger partial charge in [0, 0.05) is 0 Å². The maximum Gasteiger partial charge on any atom is -0.000719 e. The molecule has 10 aromatic rings. The van der Waals surface area contributed by atoms with Gasteiger partial charge in [-0.1, -0.05) is 182 Å². The fourth-order valence-corrected chi connectivity index (χ4v) is 9.06. The minimum atomic E-state index is 1.23. The molecule has 0 spiro atoms. The van der Waals surface area contributed by atoms with Gasteiger partial charge in [0.1, 0.15) is 0 Å². The molecule has 0 radical (unpaired) electrons. The molecule has 0 saturated heterocycles. The fraction of sp³-hybridized carbons (Fsp3) is 0. The molecule has 0 nitrogen and oxygen atoms in total. The van der Waals surface area contributed by atoms with Crippen LogP contribution < -0.4 is 0 Å². The third-order valence-corrected chi connectivity index (χ3v) is 11.2. The molecule has 0 saturated carbocycles. The van der Waals surface area contributed by atoms with E-state index >= 15 is 0 Å². The van der Waals surface area contributed by atoms with Crippen LogP contribution in [0, 0.1) is 0 Å². The maximum atomic E-state index is 2.51. The van der Waals surface area contributed by atoms with E-state index < -0.39 is 0 Å². The predicted molar refractivity (Wildman–Crippen MR) is 223 cm³/mol. The molecule has 0 N–H and O–H groups in total. The van der Waals surface area contributed by atoms with Crippen LogP contribution in [0.25, 0.3) is 110 Å². The van der Waals surface area contributed by atoms with Crippen molar-refractivity contribution in [2.24, 2.45) is 0 Å². The van der Waals surface area contributed by atoms with Gasteiger partial charge in [-0.15, -0.1) is 0 Å². The quantitative estimate of drug-likeness (QED) is 0.165. The zero-order valence-electron chi connectivity index (χ0n) is 28.5. The lowest BCUT2D eigenvalue weighted by Gasteiger charge is -2.20. The van der Waals surface area contributed by atoms with Crippen LogP contribution in [-0.2, 0) is 0 Å². The van der Waals surface area contributed by atoms with Crippen molar-refractivity contribution in [1.29, 1.82) is 0 Å². The fourth-order valence-electron chi connectivity index (χ4n) is 9.06. The van der Waals surface area contributed by atoms with Gasteiger partial charge in [-0.3, -0.25) is 0 Å². The minimum absolute atomic E-state index is 1.23. The molecular formula is C52H32. The topological polar surface area (TPSA) is 0 Å². The summed E-state index contributed by atoms with van der Waals surface area (Å²) in [7, 11) is 0. The Balaban J connectivity index is 1.31. The molecule has 240 valence electrons. The molecule has 0 amide bonds. The summed E-state index contributed by atoms with van der Waals surface area (Å²) in [6.07, 6.45) is 0. The van der Waals surface area contributed by atoms with Gasteiger partial charge in [0.05, 0.1) is 0 Å². The van der Waals surface area contributed by atoms with Gasteiger partial charge in [-0.25, -0.2) is 0 Å². The highest BCUT2D eigenvalue weighted by molar-refractivity contribution is 6.33. The van der Waals surface area contributed by atoms with E-state index in [9.17, 15) is 0 Å².